The van der Waals surface area contributed by atoms with E-state index in [1.807, 2.05) is 166 Å². The Kier molecular flexibility index (Phi) is 39.7. The van der Waals surface area contributed by atoms with E-state index < -0.39 is 216 Å². The van der Waals surface area contributed by atoms with Crippen LogP contribution in [0.1, 0.15) is 231 Å². The van der Waals surface area contributed by atoms with Crippen molar-refractivity contribution in [1.82, 2.24) is 29.4 Å². The van der Waals surface area contributed by atoms with Crippen LogP contribution >= 0.6 is 0 Å². The summed E-state index contributed by atoms with van der Waals surface area (Å²) in [6.45, 7) is 47.9. The molecule has 0 bridgehead atoms. The van der Waals surface area contributed by atoms with Crippen molar-refractivity contribution in [3.63, 3.8) is 0 Å². The van der Waals surface area contributed by atoms with Crippen molar-refractivity contribution in [3.05, 3.63) is 0 Å². The lowest BCUT2D eigenvalue weighted by Gasteiger charge is -2.49. The lowest BCUT2D eigenvalue weighted by atomic mass is 9.77. The molecule has 0 amide bonds. The highest BCUT2D eigenvalue weighted by Crippen LogP contribution is 2.50. The molecule has 127 heavy (non-hydrogen) atoms. The summed E-state index contributed by atoms with van der Waals surface area (Å²) < 4.78 is 121. The summed E-state index contributed by atoms with van der Waals surface area (Å²) in [4.78, 5) is 86.2. The lowest BCUT2D eigenvalue weighted by Crippen LogP contribution is -2.61. The predicted molar refractivity (Wildman–Crippen MR) is 470 cm³/mol. The number of ether oxygens (including phenoxy) is 19. The van der Waals surface area contributed by atoms with E-state index in [-0.39, 0.29) is 67.5 Å². The second-order valence-electron chi connectivity index (χ2n) is 40.5. The summed E-state index contributed by atoms with van der Waals surface area (Å²) in [6.07, 6.45) is -13.1. The number of cyclic esters (lactones) is 2. The van der Waals surface area contributed by atoms with Gasteiger partial charge >= 0.3 is 35.8 Å². The Morgan fingerprint density at radius 1 is 0.472 bits per heavy atom. The molecular weight excluding hydrogens is 1650 g/mol. The van der Waals surface area contributed by atoms with Crippen molar-refractivity contribution >= 4 is 35.8 Å². The third-order valence-corrected chi connectivity index (χ3v) is 28.2. The fraction of sp³-hybridized carbons (Fsp3) is 0.935. The van der Waals surface area contributed by atoms with Gasteiger partial charge in [0.1, 0.15) is 53.4 Å². The second kappa shape index (κ2) is 45.1. The normalized spacial score (nSPS) is 45.7. The van der Waals surface area contributed by atoms with Gasteiger partial charge in [-0.1, -0.05) is 41.5 Å². The predicted octanol–water partition coefficient (Wildman–Crippen LogP) is 7.63. The van der Waals surface area contributed by atoms with Crippen molar-refractivity contribution in [3.8, 4) is 0 Å². The molecule has 0 aromatic heterocycles. The number of nitrogens with zero attached hydrogens (tertiary/aromatic N) is 6. The molecule has 2 unspecified atom stereocenters. The van der Waals surface area contributed by atoms with E-state index in [0.29, 0.717) is 45.2 Å². The highest BCUT2D eigenvalue weighted by Gasteiger charge is 2.64. The average molecular weight is 1820 g/mol. The molecule has 740 valence electrons. The van der Waals surface area contributed by atoms with Crippen LogP contribution in [-0.4, -0.2) is 376 Å². The Morgan fingerprint density at radius 2 is 0.843 bits per heavy atom. The number of carbonyl (C=O) groups excluding carboxylic acids is 6. The first-order valence-corrected chi connectivity index (χ1v) is 45.8. The van der Waals surface area contributed by atoms with Gasteiger partial charge < -0.3 is 130 Å². The van der Waals surface area contributed by atoms with Crippen LogP contribution in [-0.2, 0) is 119 Å². The first-order chi connectivity index (χ1) is 58.4. The Morgan fingerprint density at radius 3 is 1.20 bits per heavy atom. The molecule has 8 fully saturated rings. The van der Waals surface area contributed by atoms with Gasteiger partial charge in [0.15, 0.2) is 37.4 Å². The number of esters is 6. The van der Waals surface area contributed by atoms with E-state index in [0.717, 1.165) is 0 Å². The Hall–Kier alpha value is -3.94. The Balaban J connectivity index is 0.000000366. The zero-order valence-electron chi connectivity index (χ0n) is 84.1. The number of hydrogen-bond donors (Lipinski definition) is 4. The summed E-state index contributed by atoms with van der Waals surface area (Å²) >= 11 is 0. The lowest BCUT2D eigenvalue weighted by molar-refractivity contribution is -0.319. The van der Waals surface area contributed by atoms with Gasteiger partial charge in [0.25, 0.3) is 0 Å². The number of rotatable bonds is 18. The van der Waals surface area contributed by atoms with Crippen LogP contribution in [0, 0.1) is 35.5 Å². The largest absolute Gasteiger partial charge is 0.459 e. The van der Waals surface area contributed by atoms with Gasteiger partial charge in [-0.15, -0.1) is 0 Å². The van der Waals surface area contributed by atoms with Gasteiger partial charge in [-0.05, 0) is 218 Å². The molecule has 8 saturated heterocycles. The van der Waals surface area contributed by atoms with E-state index in [2.05, 4.69) is 42.2 Å². The first kappa shape index (κ1) is 112. The van der Waals surface area contributed by atoms with E-state index in [4.69, 9.17) is 85.3 Å². The summed E-state index contributed by atoms with van der Waals surface area (Å²) in [5.41, 5.74) is -7.25. The number of carbonyl (C=O) groups is 6. The third-order valence-electron chi connectivity index (χ3n) is 28.2. The molecule has 8 aliphatic heterocycles. The fourth-order valence-corrected chi connectivity index (χ4v) is 20.7. The molecule has 0 aromatic rings. The van der Waals surface area contributed by atoms with E-state index >= 15 is 0 Å². The molecule has 0 spiro atoms. The fourth-order valence-electron chi connectivity index (χ4n) is 20.7. The van der Waals surface area contributed by atoms with Gasteiger partial charge in [-0.3, -0.25) is 38.6 Å². The number of hydrogen-bond acceptors (Lipinski definition) is 35. The van der Waals surface area contributed by atoms with Crippen molar-refractivity contribution in [1.29, 1.82) is 0 Å². The number of fused-ring (bicyclic) bond motifs is 2. The van der Waals surface area contributed by atoms with Crippen molar-refractivity contribution in [2.45, 2.75) is 424 Å². The topological polar surface area (TPSA) is 378 Å². The maximum atomic E-state index is 14.9. The summed E-state index contributed by atoms with van der Waals surface area (Å²) in [6, 6.07) is -0.924. The zero-order valence-corrected chi connectivity index (χ0v) is 84.1. The molecule has 4 N–H and O–H groups in total. The molecule has 8 heterocycles. The van der Waals surface area contributed by atoms with Gasteiger partial charge in [0.2, 0.25) is 11.8 Å². The van der Waals surface area contributed by atoms with Gasteiger partial charge in [0.05, 0.1) is 83.5 Å². The third kappa shape index (κ3) is 26.8. The second-order valence-corrected chi connectivity index (χ2v) is 40.5. The number of methoxy groups -OCH3 is 2. The van der Waals surface area contributed by atoms with Crippen LogP contribution in [0.5, 0.6) is 0 Å². The maximum Gasteiger partial charge on any atom is 0.311 e. The summed E-state index contributed by atoms with van der Waals surface area (Å²) in [5, 5.41) is 48.4. The smallest absolute Gasteiger partial charge is 0.311 e. The van der Waals surface area contributed by atoms with Crippen LogP contribution in [0.15, 0.2) is 0 Å². The molecule has 35 nitrogen and oxygen atoms in total. The number of likely N-dealkylation sites (N-methyl/N-ethyl adjacent to an activating group) is 4. The van der Waals surface area contributed by atoms with E-state index in [1.54, 1.807) is 55.6 Å². The molecule has 8 aliphatic rings. The molecule has 8 rings (SSSR count). The highest BCUT2D eigenvalue weighted by atomic mass is 16.8. The van der Waals surface area contributed by atoms with Gasteiger partial charge in [-0.25, -0.2) is 0 Å². The van der Waals surface area contributed by atoms with Gasteiger partial charge in [-0.2, -0.15) is 0 Å². The maximum absolute atomic E-state index is 14.9. The minimum Gasteiger partial charge on any atom is -0.459 e. The molecule has 0 aliphatic carbocycles. The SMILES string of the molecule is CC(=O)OC(C)=O.CC[C@H]1OC(=O)[C@H](C)[C@@H](O[C@H]2C[C@@](C)(OC)[C@@H](O)[C@H](C)O2)[C@H](C)[C@@H](O[C@@H]2O[C@H](C)C[C@H](N(C)C)[C@H]2O)[C@](C)(O)C[C@@H](C)CN(C)[C@H](C)[C@H]2OC(C)(N(C)C)O[C@@]21C.CC[C@H]1OC(=O)[C@H](C)[C@@H](O[C@H]2C[C@@](C)(OC)[C@@H](OC(C)=O)[C@H](C)O2)[C@H](C)[C@@H](O[C@@H]2O[C@H](C)C[C@H](N(C)C)[C@H]2OC(C)=O)[C@](C)(O)C[C@@H](C)CN(C)[C@H](C)[C@H]2OC(C)(N(C)C)O[C@@]21C. The molecular formula is C92H168N6O29. The van der Waals surface area contributed by atoms with Crippen LogP contribution in [0.25, 0.3) is 0 Å². The molecule has 38 atom stereocenters. The first-order valence-electron chi connectivity index (χ1n) is 45.8. The van der Waals surface area contributed by atoms with E-state index in [9.17, 15) is 49.2 Å². The Labute approximate surface area is 758 Å². The number of aliphatic hydroxyl groups excluding tert-OH is 2. The van der Waals surface area contributed by atoms with Crippen molar-refractivity contribution in [2.75, 3.05) is 97.8 Å². The van der Waals surface area contributed by atoms with Crippen LogP contribution in [0.4, 0.5) is 0 Å². The van der Waals surface area contributed by atoms with Crippen molar-refractivity contribution in [2.24, 2.45) is 35.5 Å². The minimum absolute atomic E-state index is 0.0570. The van der Waals surface area contributed by atoms with Crippen LogP contribution in [0.3, 0.4) is 0 Å². The monoisotopic (exact) mass is 1820 g/mol. The molecule has 35 heteroatoms. The zero-order chi connectivity index (χ0) is 96.8. The molecule has 0 radical (unpaired) electrons. The quantitative estimate of drug-likeness (QED) is 0.0581. The molecule has 0 aromatic carbocycles. The van der Waals surface area contributed by atoms with Crippen LogP contribution in [0.2, 0.25) is 0 Å². The summed E-state index contributed by atoms with van der Waals surface area (Å²) in [5.74, 6) is -8.93. The summed E-state index contributed by atoms with van der Waals surface area (Å²) in [7, 11) is 22.3. The van der Waals surface area contributed by atoms with Gasteiger partial charge in [0, 0.05) is 112 Å². The average Bonchev–Trinajstić information content (AvgIpc) is 1.60. The van der Waals surface area contributed by atoms with Crippen molar-refractivity contribution < 1.29 is 139 Å². The standard InChI is InChI=1S/C46H83N3O14.C42H79N3O12.C4H6O3/c1-20-34-45(12)39(62-46(13,63-45)48(16)17)29(6)49(18)24-25(2)22-43(10,53)38(61-42-37(57-31(8)50)33(47(14)15)21-26(3)55-42)27(4)36(28(5)41(52)59-34)60-35-23-44(11,54-19)40(30(7)56-35)58-32(9)51;1-18-30-41(10)36(56-42(11,57-41)44(14)15)27(6)45(16)22-23(2)20-39(8,49)35(55-38-32(46)29(43(12)13)19-24(3)51-38)25(4)33(26(5)37(48)53-30)54-31-21-40(9,50-17)34(47)28(7)52-31;1-3(5)7-4(2)6/h25-30,33-40,42,53H,20-24H2,1-19H3;23-36,38,46-47,49H,18-22H2,1-17H3;1-2H3/t25-,26-,27+,28-,29-,30+,33+,34-,35+,36+,37-,38-,39-,40+,42+,43-,44-,45-,46?;23-,24-,25+,26-,27-,28+,29+,30-,31+,32-,33+,34+,35-,36-,38+,39-,40-,41-,42?;/m11./s1. The number of aliphatic hydroxyl groups is 4. The van der Waals surface area contributed by atoms with E-state index in [1.165, 1.54) is 34.8 Å². The molecule has 0 saturated carbocycles. The minimum atomic E-state index is -1.58. The Bertz CT molecular complexity index is 3520. The highest BCUT2D eigenvalue weighted by molar-refractivity contribution is 5.82. The van der Waals surface area contributed by atoms with Crippen LogP contribution < -0.4 is 0 Å².